The summed E-state index contributed by atoms with van der Waals surface area (Å²) in [4.78, 5) is 13.1. The van der Waals surface area contributed by atoms with Crippen molar-refractivity contribution in [2.45, 2.75) is 6.92 Å². The number of hydrogen-bond acceptors (Lipinski definition) is 3. The van der Waals surface area contributed by atoms with Crippen LogP contribution >= 0.6 is 0 Å². The lowest BCUT2D eigenvalue weighted by Gasteiger charge is -2.22. The van der Waals surface area contributed by atoms with E-state index in [1.807, 2.05) is 19.1 Å². The van der Waals surface area contributed by atoms with E-state index in [0.29, 0.717) is 11.3 Å². The molecule has 0 saturated heterocycles. The molecular formula is C16H14N2O2. The Balaban J connectivity index is 2.52. The number of carboxylic acids is 1. The smallest absolute Gasteiger partial charge is 0.337 e. The molecule has 2 aromatic carbocycles. The molecule has 0 aliphatic heterocycles. The highest BCUT2D eigenvalue weighted by atomic mass is 16.4. The van der Waals surface area contributed by atoms with Crippen molar-refractivity contribution in [3.05, 3.63) is 59.2 Å². The lowest BCUT2D eigenvalue weighted by molar-refractivity contribution is 0.0697. The maximum Gasteiger partial charge on any atom is 0.337 e. The number of anilines is 2. The van der Waals surface area contributed by atoms with Gasteiger partial charge in [-0.3, -0.25) is 0 Å². The van der Waals surface area contributed by atoms with Gasteiger partial charge in [0.05, 0.1) is 22.9 Å². The monoisotopic (exact) mass is 266 g/mol. The number of hydrogen-bond donors (Lipinski definition) is 1. The molecule has 0 radical (unpaired) electrons. The molecule has 20 heavy (non-hydrogen) atoms. The van der Waals surface area contributed by atoms with Crippen LogP contribution < -0.4 is 4.90 Å². The molecule has 0 aliphatic carbocycles. The number of aromatic carboxylic acids is 1. The molecule has 1 N–H and O–H groups in total. The minimum absolute atomic E-state index is 0.237. The van der Waals surface area contributed by atoms with Crippen molar-refractivity contribution in [2.24, 2.45) is 0 Å². The quantitative estimate of drug-likeness (QED) is 0.925. The summed E-state index contributed by atoms with van der Waals surface area (Å²) in [5.41, 5.74) is 3.14. The summed E-state index contributed by atoms with van der Waals surface area (Å²) in [5, 5.41) is 18.2. The zero-order valence-electron chi connectivity index (χ0n) is 11.3. The van der Waals surface area contributed by atoms with Gasteiger partial charge in [-0.1, -0.05) is 12.1 Å². The fraction of sp³-hybridized carbons (Fsp3) is 0.125. The number of carbonyl (C=O) groups is 1. The Morgan fingerprint density at radius 3 is 2.65 bits per heavy atom. The minimum Gasteiger partial charge on any atom is -0.478 e. The van der Waals surface area contributed by atoms with Gasteiger partial charge in [0.2, 0.25) is 0 Å². The topological polar surface area (TPSA) is 64.3 Å². The van der Waals surface area contributed by atoms with Gasteiger partial charge in [0.1, 0.15) is 0 Å². The molecule has 0 bridgehead atoms. The molecule has 4 heteroatoms. The number of rotatable bonds is 3. The fourth-order valence-electron chi connectivity index (χ4n) is 2.02. The third kappa shape index (κ3) is 2.62. The van der Waals surface area contributed by atoms with Crippen molar-refractivity contribution in [3.63, 3.8) is 0 Å². The number of nitriles is 1. The maximum atomic E-state index is 11.3. The van der Waals surface area contributed by atoms with Crippen LogP contribution in [0.15, 0.2) is 42.5 Å². The second kappa shape index (κ2) is 5.45. The Morgan fingerprint density at radius 2 is 2.00 bits per heavy atom. The molecule has 2 rings (SSSR count). The molecule has 2 aromatic rings. The molecule has 0 heterocycles. The lowest BCUT2D eigenvalue weighted by atomic mass is 10.1. The maximum absolute atomic E-state index is 11.3. The van der Waals surface area contributed by atoms with E-state index in [1.54, 1.807) is 42.3 Å². The number of carboxylic acid groups (broad SMARTS) is 1. The molecule has 0 aromatic heterocycles. The van der Waals surface area contributed by atoms with Gasteiger partial charge >= 0.3 is 5.97 Å². The Kier molecular flexibility index (Phi) is 3.72. The normalized spacial score (nSPS) is 9.85. The predicted molar refractivity (Wildman–Crippen MR) is 77.4 cm³/mol. The van der Waals surface area contributed by atoms with Crippen LogP contribution in [-0.2, 0) is 0 Å². The first-order valence-electron chi connectivity index (χ1n) is 6.11. The van der Waals surface area contributed by atoms with Gasteiger partial charge in [-0.25, -0.2) is 4.79 Å². The summed E-state index contributed by atoms with van der Waals surface area (Å²) in [6.45, 7) is 1.91. The third-order valence-corrected chi connectivity index (χ3v) is 3.11. The van der Waals surface area contributed by atoms with Crippen molar-refractivity contribution in [3.8, 4) is 6.07 Å². The third-order valence-electron chi connectivity index (χ3n) is 3.11. The van der Waals surface area contributed by atoms with Crippen molar-refractivity contribution in [2.75, 3.05) is 11.9 Å². The van der Waals surface area contributed by atoms with Crippen LogP contribution in [0.2, 0.25) is 0 Å². The summed E-state index contributed by atoms with van der Waals surface area (Å²) < 4.78 is 0. The highest BCUT2D eigenvalue weighted by Gasteiger charge is 2.15. The predicted octanol–water partition coefficient (Wildman–Crippen LogP) is 3.33. The van der Waals surface area contributed by atoms with E-state index in [1.165, 1.54) is 0 Å². The number of aryl methyl sites for hydroxylation is 1. The second-order valence-corrected chi connectivity index (χ2v) is 4.55. The van der Waals surface area contributed by atoms with E-state index in [9.17, 15) is 9.90 Å². The Labute approximate surface area is 117 Å². The molecule has 0 saturated carbocycles. The standard InChI is InChI=1S/C16H14N2O2/c1-11-6-7-14(16(19)20)15(8-11)18(2)13-5-3-4-12(9-13)10-17/h3-9H,1-2H3,(H,19,20). The molecule has 4 nitrogen and oxygen atoms in total. The molecular weight excluding hydrogens is 252 g/mol. The molecule has 0 aliphatic rings. The van der Waals surface area contributed by atoms with E-state index in [0.717, 1.165) is 11.3 Å². The second-order valence-electron chi connectivity index (χ2n) is 4.55. The first-order chi connectivity index (χ1) is 9.52. The van der Waals surface area contributed by atoms with E-state index < -0.39 is 5.97 Å². The van der Waals surface area contributed by atoms with Crippen LogP contribution in [0.3, 0.4) is 0 Å². The minimum atomic E-state index is -0.969. The Morgan fingerprint density at radius 1 is 1.25 bits per heavy atom. The Bertz CT molecular complexity index is 702. The first-order valence-corrected chi connectivity index (χ1v) is 6.11. The zero-order valence-corrected chi connectivity index (χ0v) is 11.3. The number of nitrogens with zero attached hydrogens (tertiary/aromatic N) is 2. The van der Waals surface area contributed by atoms with Crippen molar-refractivity contribution < 1.29 is 9.90 Å². The van der Waals surface area contributed by atoms with Crippen LogP contribution in [-0.4, -0.2) is 18.1 Å². The van der Waals surface area contributed by atoms with Crippen LogP contribution in [0.1, 0.15) is 21.5 Å². The van der Waals surface area contributed by atoms with Gasteiger partial charge in [0, 0.05) is 12.7 Å². The van der Waals surface area contributed by atoms with E-state index in [-0.39, 0.29) is 5.56 Å². The van der Waals surface area contributed by atoms with Crippen LogP contribution in [0.5, 0.6) is 0 Å². The Hall–Kier alpha value is -2.80. The average molecular weight is 266 g/mol. The highest BCUT2D eigenvalue weighted by molar-refractivity contribution is 5.95. The van der Waals surface area contributed by atoms with Crippen molar-refractivity contribution in [1.82, 2.24) is 0 Å². The van der Waals surface area contributed by atoms with Gasteiger partial charge < -0.3 is 10.0 Å². The molecule has 0 fully saturated rings. The van der Waals surface area contributed by atoms with Gasteiger partial charge in [-0.2, -0.15) is 5.26 Å². The zero-order chi connectivity index (χ0) is 14.7. The van der Waals surface area contributed by atoms with Gasteiger partial charge in [0.25, 0.3) is 0 Å². The molecule has 0 unspecified atom stereocenters. The van der Waals surface area contributed by atoms with Crippen LogP contribution in [0.25, 0.3) is 0 Å². The summed E-state index contributed by atoms with van der Waals surface area (Å²) in [6, 6.07) is 14.3. The van der Waals surface area contributed by atoms with Gasteiger partial charge in [-0.05, 0) is 42.8 Å². The average Bonchev–Trinajstić information content (AvgIpc) is 2.46. The van der Waals surface area contributed by atoms with E-state index in [2.05, 4.69) is 6.07 Å². The van der Waals surface area contributed by atoms with Crippen LogP contribution in [0, 0.1) is 18.3 Å². The largest absolute Gasteiger partial charge is 0.478 e. The summed E-state index contributed by atoms with van der Waals surface area (Å²) in [5.74, 6) is -0.969. The SMILES string of the molecule is Cc1ccc(C(=O)O)c(N(C)c2cccc(C#N)c2)c1. The summed E-state index contributed by atoms with van der Waals surface area (Å²) in [7, 11) is 1.79. The van der Waals surface area contributed by atoms with Gasteiger partial charge in [0.15, 0.2) is 0 Å². The molecule has 0 atom stereocenters. The summed E-state index contributed by atoms with van der Waals surface area (Å²) >= 11 is 0. The lowest BCUT2D eigenvalue weighted by Crippen LogP contribution is -2.14. The summed E-state index contributed by atoms with van der Waals surface area (Å²) in [6.07, 6.45) is 0. The van der Waals surface area contributed by atoms with E-state index >= 15 is 0 Å². The number of benzene rings is 2. The van der Waals surface area contributed by atoms with Crippen LogP contribution in [0.4, 0.5) is 11.4 Å². The van der Waals surface area contributed by atoms with Crippen molar-refractivity contribution >= 4 is 17.3 Å². The highest BCUT2D eigenvalue weighted by Crippen LogP contribution is 2.28. The van der Waals surface area contributed by atoms with Crippen molar-refractivity contribution in [1.29, 1.82) is 5.26 Å². The van der Waals surface area contributed by atoms with E-state index in [4.69, 9.17) is 5.26 Å². The van der Waals surface area contributed by atoms with Gasteiger partial charge in [-0.15, -0.1) is 0 Å². The fourth-order valence-corrected chi connectivity index (χ4v) is 2.02. The molecule has 0 amide bonds. The molecule has 0 spiro atoms. The molecule has 100 valence electrons. The first kappa shape index (κ1) is 13.6.